The molecule has 0 aliphatic rings. The second-order valence-electron chi connectivity index (χ2n) is 6.04. The number of nitrogens with zero attached hydrogens (tertiary/aromatic N) is 4. The second kappa shape index (κ2) is 7.86. The van der Waals surface area contributed by atoms with Gasteiger partial charge in [-0.25, -0.2) is 14.6 Å². The maximum atomic E-state index is 13.8. The Balaban J connectivity index is 2.04. The minimum atomic E-state index is -5.00. The molecule has 0 spiro atoms. The Morgan fingerprint density at radius 3 is 2.17 bits per heavy atom. The van der Waals surface area contributed by atoms with Gasteiger partial charge in [0.15, 0.2) is 5.82 Å². The van der Waals surface area contributed by atoms with Crippen molar-refractivity contribution in [3.8, 4) is 11.4 Å². The number of nitrogens with two attached hydrogens (primary N) is 1. The van der Waals surface area contributed by atoms with Crippen molar-refractivity contribution in [2.45, 2.75) is 12.4 Å². The lowest BCUT2D eigenvalue weighted by atomic mass is 10.0. The zero-order valence-corrected chi connectivity index (χ0v) is 14.8. The van der Waals surface area contributed by atoms with Gasteiger partial charge in [-0.1, -0.05) is 0 Å². The van der Waals surface area contributed by atoms with E-state index >= 15 is 0 Å². The van der Waals surface area contributed by atoms with E-state index in [1.54, 1.807) is 0 Å². The van der Waals surface area contributed by atoms with Crippen molar-refractivity contribution in [2.75, 3.05) is 6.54 Å². The lowest BCUT2D eigenvalue weighted by Gasteiger charge is -2.13. The quantitative estimate of drug-likeness (QED) is 0.489. The highest BCUT2D eigenvalue weighted by molar-refractivity contribution is 5.76. The van der Waals surface area contributed by atoms with E-state index in [0.29, 0.717) is 12.1 Å². The lowest BCUT2D eigenvalue weighted by Crippen LogP contribution is -2.11. The number of pyridine rings is 1. The Morgan fingerprint density at radius 2 is 1.63 bits per heavy atom. The minimum absolute atomic E-state index is 0.0120. The van der Waals surface area contributed by atoms with Crippen LogP contribution in [-0.4, -0.2) is 26.3 Å². The molecule has 0 fully saturated rings. The predicted molar refractivity (Wildman–Crippen MR) is 92.9 cm³/mol. The number of hydrogen-bond donors (Lipinski definition) is 1. The number of aromatic nitrogens is 4. The molecule has 0 unspecified atom stereocenters. The fourth-order valence-corrected chi connectivity index (χ4v) is 2.57. The molecule has 1 aromatic carbocycles. The molecule has 3 rings (SSSR count). The molecule has 0 atom stereocenters. The zero-order valence-electron chi connectivity index (χ0n) is 14.8. The molecule has 0 saturated heterocycles. The summed E-state index contributed by atoms with van der Waals surface area (Å²) in [7, 11) is 0. The number of halogens is 7. The summed E-state index contributed by atoms with van der Waals surface area (Å²) in [5.41, 5.74) is 2.45. The average Bonchev–Trinajstić information content (AvgIpc) is 3.14. The van der Waals surface area contributed by atoms with Crippen LogP contribution in [0.15, 0.2) is 42.9 Å². The summed E-state index contributed by atoms with van der Waals surface area (Å²) in [4.78, 5) is 7.24. The van der Waals surface area contributed by atoms with Crippen LogP contribution >= 0.6 is 0 Å². The van der Waals surface area contributed by atoms with E-state index in [4.69, 9.17) is 5.73 Å². The SMILES string of the molecule is NC/C(=C\n1cnc(-c2cc(C(F)(F)F)cc(C(F)(F)F)c2)n1)c1cccnc1F. The molecule has 0 bridgehead atoms. The van der Waals surface area contributed by atoms with Crippen molar-refractivity contribution >= 4 is 11.8 Å². The van der Waals surface area contributed by atoms with Gasteiger partial charge in [-0.15, -0.1) is 5.10 Å². The van der Waals surface area contributed by atoms with Crippen LogP contribution < -0.4 is 5.73 Å². The van der Waals surface area contributed by atoms with E-state index in [9.17, 15) is 30.7 Å². The number of alkyl halides is 6. The van der Waals surface area contributed by atoms with Crippen molar-refractivity contribution in [3.05, 3.63) is 65.5 Å². The van der Waals surface area contributed by atoms with Crippen molar-refractivity contribution in [1.29, 1.82) is 0 Å². The molecule has 0 aliphatic carbocycles. The van der Waals surface area contributed by atoms with Crippen LogP contribution in [0.1, 0.15) is 16.7 Å². The minimum Gasteiger partial charge on any atom is -0.326 e. The number of benzene rings is 1. The highest BCUT2D eigenvalue weighted by Gasteiger charge is 2.37. The van der Waals surface area contributed by atoms with Gasteiger partial charge in [-0.05, 0) is 35.9 Å². The van der Waals surface area contributed by atoms with Crippen LogP contribution in [0.4, 0.5) is 30.7 Å². The van der Waals surface area contributed by atoms with Crippen molar-refractivity contribution in [1.82, 2.24) is 19.7 Å². The Hall–Kier alpha value is -3.28. The van der Waals surface area contributed by atoms with Crippen LogP contribution in [0.2, 0.25) is 0 Å². The fraction of sp³-hybridized carbons (Fsp3) is 0.167. The summed E-state index contributed by atoms with van der Waals surface area (Å²) >= 11 is 0. The van der Waals surface area contributed by atoms with Crippen LogP contribution in [0, 0.1) is 5.95 Å². The van der Waals surface area contributed by atoms with E-state index in [0.717, 1.165) is 11.0 Å². The van der Waals surface area contributed by atoms with Crippen molar-refractivity contribution < 1.29 is 30.7 Å². The monoisotopic (exact) mass is 431 g/mol. The van der Waals surface area contributed by atoms with Gasteiger partial charge in [0.1, 0.15) is 6.33 Å². The van der Waals surface area contributed by atoms with E-state index in [2.05, 4.69) is 15.1 Å². The maximum Gasteiger partial charge on any atom is 0.416 e. The normalized spacial score (nSPS) is 13.0. The molecular weight excluding hydrogens is 419 g/mol. The van der Waals surface area contributed by atoms with Gasteiger partial charge >= 0.3 is 12.4 Å². The highest BCUT2D eigenvalue weighted by atomic mass is 19.4. The van der Waals surface area contributed by atoms with E-state index < -0.39 is 35.0 Å². The predicted octanol–water partition coefficient (Wildman–Crippen LogP) is 4.47. The summed E-state index contributed by atoms with van der Waals surface area (Å²) in [5, 5.41) is 3.87. The molecule has 0 amide bonds. The summed E-state index contributed by atoms with van der Waals surface area (Å²) in [6.07, 6.45) is -6.47. The van der Waals surface area contributed by atoms with Crippen LogP contribution in [0.3, 0.4) is 0 Å². The first-order valence-corrected chi connectivity index (χ1v) is 8.21. The molecule has 2 N–H and O–H groups in total. The van der Waals surface area contributed by atoms with Gasteiger partial charge in [0.25, 0.3) is 0 Å². The van der Waals surface area contributed by atoms with Gasteiger partial charge in [-0.3, -0.25) is 0 Å². The third-order valence-electron chi connectivity index (χ3n) is 3.97. The van der Waals surface area contributed by atoms with Crippen molar-refractivity contribution in [2.24, 2.45) is 5.73 Å². The standard InChI is InChI=1S/C18H12F7N5/c19-15-14(2-1-3-27-15)11(7-26)8-30-9-28-16(29-30)10-4-12(17(20,21)22)6-13(5-10)18(23,24)25/h1-6,8-9H,7,26H2/b11-8+. The molecule has 0 radical (unpaired) electrons. The average molecular weight is 431 g/mol. The van der Waals surface area contributed by atoms with E-state index in [1.807, 2.05) is 0 Å². The Bertz CT molecular complexity index is 1050. The molecule has 5 nitrogen and oxygen atoms in total. The van der Waals surface area contributed by atoms with Crippen LogP contribution in [0.5, 0.6) is 0 Å². The molecule has 30 heavy (non-hydrogen) atoms. The third kappa shape index (κ3) is 4.64. The smallest absolute Gasteiger partial charge is 0.326 e. The first-order valence-electron chi connectivity index (χ1n) is 8.21. The second-order valence-corrected chi connectivity index (χ2v) is 6.04. The molecule has 12 heteroatoms. The zero-order chi connectivity index (χ0) is 22.1. The van der Waals surface area contributed by atoms with Gasteiger partial charge in [-0.2, -0.15) is 30.7 Å². The number of rotatable bonds is 4. The van der Waals surface area contributed by atoms with Crippen LogP contribution in [-0.2, 0) is 12.4 Å². The van der Waals surface area contributed by atoms with Gasteiger partial charge in [0.05, 0.1) is 11.1 Å². The molecule has 2 heterocycles. The molecule has 0 aliphatic heterocycles. The largest absolute Gasteiger partial charge is 0.416 e. The number of hydrogen-bond acceptors (Lipinski definition) is 4. The third-order valence-corrected chi connectivity index (χ3v) is 3.97. The Morgan fingerprint density at radius 1 is 1.00 bits per heavy atom. The van der Waals surface area contributed by atoms with Gasteiger partial charge in [0.2, 0.25) is 5.95 Å². The summed E-state index contributed by atoms with van der Waals surface area (Å²) in [6.45, 7) is -0.139. The van der Waals surface area contributed by atoms with Crippen molar-refractivity contribution in [3.63, 3.8) is 0 Å². The Labute approximate surface area is 164 Å². The summed E-state index contributed by atoms with van der Waals surface area (Å²) in [6, 6.07) is 3.92. The van der Waals surface area contributed by atoms with E-state index in [-0.39, 0.29) is 29.6 Å². The molecule has 158 valence electrons. The Kier molecular flexibility index (Phi) is 5.61. The van der Waals surface area contributed by atoms with Gasteiger partial charge in [0, 0.05) is 30.1 Å². The lowest BCUT2D eigenvalue weighted by molar-refractivity contribution is -0.143. The first kappa shape index (κ1) is 21.4. The molecular formula is C18H12F7N5. The first-order chi connectivity index (χ1) is 14.0. The molecule has 2 aromatic heterocycles. The summed E-state index contributed by atoms with van der Waals surface area (Å²) < 4.78 is 93.0. The van der Waals surface area contributed by atoms with Crippen LogP contribution in [0.25, 0.3) is 23.2 Å². The topological polar surface area (TPSA) is 69.6 Å². The van der Waals surface area contributed by atoms with Gasteiger partial charge < -0.3 is 5.73 Å². The molecule has 3 aromatic rings. The molecule has 0 saturated carbocycles. The fourth-order valence-electron chi connectivity index (χ4n) is 2.57. The summed E-state index contributed by atoms with van der Waals surface area (Å²) in [5.74, 6) is -1.19. The maximum absolute atomic E-state index is 13.8. The van der Waals surface area contributed by atoms with E-state index in [1.165, 1.54) is 24.5 Å². The highest BCUT2D eigenvalue weighted by Crippen LogP contribution is 2.38.